The molecule has 0 aliphatic rings. The van der Waals surface area contributed by atoms with Crippen molar-refractivity contribution in [3.8, 4) is 11.3 Å². The molecule has 3 N–H and O–H groups in total. The van der Waals surface area contributed by atoms with Gasteiger partial charge in [0.25, 0.3) is 0 Å². The average molecular weight is 629 g/mol. The first kappa shape index (κ1) is 26.8. The Labute approximate surface area is 229 Å². The number of rotatable bonds is 5. The SMILES string of the molecule is Cc1cc([C@@H](C)Nc2cccc(F)c2C(=[N-])N)c2oc(-c3cccc(F)c3F)c(C)c(=O)c2c1.[Ho]. The van der Waals surface area contributed by atoms with Crippen LogP contribution in [0.4, 0.5) is 18.9 Å². The van der Waals surface area contributed by atoms with Gasteiger partial charge in [-0.2, -0.15) is 0 Å². The number of anilines is 1. The van der Waals surface area contributed by atoms with Crippen LogP contribution >= 0.6 is 0 Å². The second-order valence-corrected chi connectivity index (χ2v) is 8.13. The van der Waals surface area contributed by atoms with Crippen molar-refractivity contribution in [2.24, 2.45) is 5.73 Å². The van der Waals surface area contributed by atoms with Gasteiger partial charge in [-0.05, 0) is 56.7 Å². The minimum atomic E-state index is -1.12. The van der Waals surface area contributed by atoms with E-state index in [4.69, 9.17) is 10.2 Å². The fourth-order valence-electron chi connectivity index (χ4n) is 4.04. The Bertz CT molecular complexity index is 1520. The van der Waals surface area contributed by atoms with Crippen LogP contribution < -0.4 is 16.5 Å². The zero-order valence-corrected chi connectivity index (χ0v) is 20.9. The second-order valence-electron chi connectivity index (χ2n) is 8.13. The number of hydrogen-bond donors (Lipinski definition) is 2. The molecule has 0 saturated carbocycles. The quantitative estimate of drug-likeness (QED) is 0.163. The molecule has 4 aromatic rings. The van der Waals surface area contributed by atoms with Crippen LogP contribution in [0.15, 0.2) is 57.7 Å². The molecular weight excluding hydrogens is 608 g/mol. The smallest absolute Gasteiger partial charge is 0.196 e. The summed E-state index contributed by atoms with van der Waals surface area (Å²) >= 11 is 0. The molecule has 0 amide bonds. The number of benzene rings is 3. The monoisotopic (exact) mass is 629 g/mol. The van der Waals surface area contributed by atoms with E-state index in [1.165, 1.54) is 25.1 Å². The largest absolute Gasteiger partial charge is 0.494 e. The fraction of sp³-hybridized carbons (Fsp3) is 0.154. The molecular formula is C26H21F3HoN3O2-. The second kappa shape index (κ2) is 10.4. The number of amidine groups is 1. The fourth-order valence-corrected chi connectivity index (χ4v) is 4.04. The molecule has 3 aromatic carbocycles. The topological polar surface area (TPSA) is 90.6 Å². The number of nitrogens with one attached hydrogen (secondary N) is 1. The van der Waals surface area contributed by atoms with Crippen molar-refractivity contribution >= 4 is 22.5 Å². The van der Waals surface area contributed by atoms with E-state index in [1.54, 1.807) is 32.0 Å². The van der Waals surface area contributed by atoms with E-state index in [2.05, 4.69) is 5.32 Å². The van der Waals surface area contributed by atoms with Gasteiger partial charge in [0.1, 0.15) is 17.2 Å². The van der Waals surface area contributed by atoms with Crippen molar-refractivity contribution in [3.05, 3.63) is 104 Å². The predicted octanol–water partition coefficient (Wildman–Crippen LogP) is 5.94. The van der Waals surface area contributed by atoms with Crippen LogP contribution in [0.1, 0.15) is 35.2 Å². The molecule has 0 aliphatic carbocycles. The predicted molar refractivity (Wildman–Crippen MR) is 127 cm³/mol. The van der Waals surface area contributed by atoms with Crippen LogP contribution in [0.3, 0.4) is 0 Å². The summed E-state index contributed by atoms with van der Waals surface area (Å²) in [6.45, 7) is 5.05. The molecule has 35 heavy (non-hydrogen) atoms. The Hall–Kier alpha value is -2.81. The van der Waals surface area contributed by atoms with Crippen molar-refractivity contribution < 1.29 is 55.3 Å². The van der Waals surface area contributed by atoms with E-state index < -0.39 is 29.3 Å². The van der Waals surface area contributed by atoms with Gasteiger partial charge in [0.2, 0.25) is 0 Å². The molecule has 1 atom stereocenters. The third-order valence-corrected chi connectivity index (χ3v) is 5.70. The summed E-state index contributed by atoms with van der Waals surface area (Å²) in [5.41, 5.74) is 6.56. The number of hydrogen-bond acceptors (Lipinski definition) is 3. The van der Waals surface area contributed by atoms with Crippen LogP contribution in [0.5, 0.6) is 0 Å². The number of nitrogens with zero attached hydrogens (tertiary/aromatic N) is 1. The van der Waals surface area contributed by atoms with Crippen molar-refractivity contribution in [1.82, 2.24) is 0 Å². The van der Waals surface area contributed by atoms with Gasteiger partial charge >= 0.3 is 0 Å². The van der Waals surface area contributed by atoms with E-state index in [0.29, 0.717) is 5.56 Å². The first-order valence-corrected chi connectivity index (χ1v) is 10.5. The van der Waals surface area contributed by atoms with E-state index >= 15 is 0 Å². The molecule has 4 rings (SSSR count). The summed E-state index contributed by atoms with van der Waals surface area (Å²) in [7, 11) is 0. The van der Waals surface area contributed by atoms with Gasteiger partial charge in [-0.1, -0.05) is 24.0 Å². The molecule has 1 aromatic heterocycles. The first-order chi connectivity index (χ1) is 16.1. The van der Waals surface area contributed by atoms with Gasteiger partial charge in [0, 0.05) is 60.1 Å². The van der Waals surface area contributed by atoms with Crippen molar-refractivity contribution in [3.63, 3.8) is 0 Å². The van der Waals surface area contributed by atoms with Crippen LogP contribution in [-0.2, 0) is 0 Å². The van der Waals surface area contributed by atoms with Gasteiger partial charge < -0.3 is 20.9 Å². The summed E-state index contributed by atoms with van der Waals surface area (Å²) in [5.74, 6) is -3.65. The molecule has 1 heterocycles. The maximum absolute atomic E-state index is 14.5. The molecule has 9 heteroatoms. The van der Waals surface area contributed by atoms with E-state index in [0.717, 1.165) is 17.7 Å². The number of nitrogens with two attached hydrogens (primary N) is 1. The number of fused-ring (bicyclic) bond motifs is 1. The van der Waals surface area contributed by atoms with Gasteiger partial charge in [0.05, 0.1) is 17.0 Å². The molecule has 1 radical (unpaired) electrons. The molecule has 0 bridgehead atoms. The van der Waals surface area contributed by atoms with Gasteiger partial charge in [0.15, 0.2) is 17.1 Å². The Kier molecular flexibility index (Phi) is 7.99. The summed E-state index contributed by atoms with van der Waals surface area (Å²) in [4.78, 5) is 13.2. The Morgan fingerprint density at radius 3 is 2.40 bits per heavy atom. The van der Waals surface area contributed by atoms with E-state index in [-0.39, 0.29) is 82.3 Å². The summed E-state index contributed by atoms with van der Waals surface area (Å²) in [6, 6.07) is 10.7. The zero-order valence-electron chi connectivity index (χ0n) is 19.0. The van der Waals surface area contributed by atoms with Crippen LogP contribution in [0, 0.1) is 69.0 Å². The van der Waals surface area contributed by atoms with Crippen molar-refractivity contribution in [2.45, 2.75) is 26.8 Å². The van der Waals surface area contributed by atoms with Gasteiger partial charge in [-0.15, -0.1) is 0 Å². The third kappa shape index (κ3) is 4.96. The zero-order chi connectivity index (χ0) is 24.7. The standard InChI is InChI=1S/C26H21F3N3O2.Ho/c1-12-10-16(14(3)32-20-9-5-7-18(27)21(20)26(30)31)25-17(11-12)23(33)13(2)24(34-25)15-6-4-8-19(28)22(15)29;/h4-11,14H,1-3H3,(H3-,30,31,32);/q-1;/t14-;/m1./s1. The number of halogens is 3. The van der Waals surface area contributed by atoms with E-state index in [1.807, 2.05) is 0 Å². The minimum Gasteiger partial charge on any atom is -0.494 e. The molecule has 0 fully saturated rings. The van der Waals surface area contributed by atoms with Crippen LogP contribution in [0.25, 0.3) is 27.7 Å². The minimum absolute atomic E-state index is 0. The first-order valence-electron chi connectivity index (χ1n) is 10.5. The van der Waals surface area contributed by atoms with Gasteiger partial charge in [-0.3, -0.25) is 4.79 Å². The van der Waals surface area contributed by atoms with E-state index in [9.17, 15) is 23.4 Å². The normalized spacial score (nSPS) is 11.7. The van der Waals surface area contributed by atoms with Crippen molar-refractivity contribution in [1.29, 1.82) is 0 Å². The molecule has 5 nitrogen and oxygen atoms in total. The summed E-state index contributed by atoms with van der Waals surface area (Å²) in [5, 5.41) is 13.1. The maximum Gasteiger partial charge on any atom is 0.196 e. The van der Waals surface area contributed by atoms with Crippen LogP contribution in [-0.4, -0.2) is 5.84 Å². The molecule has 0 aliphatic heterocycles. The molecule has 0 spiro atoms. The Morgan fingerprint density at radius 2 is 1.71 bits per heavy atom. The molecule has 185 valence electrons. The Balaban J connectivity index is 0.00000342. The Morgan fingerprint density at radius 1 is 1.06 bits per heavy atom. The van der Waals surface area contributed by atoms with Gasteiger partial charge in [-0.25, -0.2) is 13.2 Å². The third-order valence-electron chi connectivity index (χ3n) is 5.70. The van der Waals surface area contributed by atoms with Crippen LogP contribution in [0.2, 0.25) is 0 Å². The molecule has 0 saturated heterocycles. The summed E-state index contributed by atoms with van der Waals surface area (Å²) in [6.07, 6.45) is 0. The van der Waals surface area contributed by atoms with Crippen molar-refractivity contribution in [2.75, 3.05) is 5.32 Å². The average Bonchev–Trinajstić information content (AvgIpc) is 2.78. The summed E-state index contributed by atoms with van der Waals surface area (Å²) < 4.78 is 48.7. The number of aryl methyl sites for hydroxylation is 1. The molecule has 0 unspecified atom stereocenters. The maximum atomic E-state index is 14.5.